The Bertz CT molecular complexity index is 447. The standard InChI is InChI=1S/C12H19ClNO2.C6H16NO2.HI/c1-14(6-8-15,7-9-16)10-11-2-4-12(13)5-3-11;1-7(2,3-5-8)4-6-9;/h2-5,15-16H,6-10H2,1H3;8-9H,3-6H2,1-2H3;1H/q2*+1;. The van der Waals surface area contributed by atoms with Gasteiger partial charge in [-0.15, -0.1) is 24.0 Å². The van der Waals surface area contributed by atoms with Crippen LogP contribution in [0.15, 0.2) is 24.3 Å². The molecule has 0 saturated carbocycles. The average Bonchev–Trinajstić information content (AvgIpc) is 2.50. The molecule has 1 rings (SSSR count). The van der Waals surface area contributed by atoms with Crippen LogP contribution in [0.1, 0.15) is 5.56 Å². The SMILES string of the molecule is C[N+](C)(CCO)CCO.C[N+](CCO)(CCO)Cc1ccc(Cl)cc1.I. The van der Waals surface area contributed by atoms with Gasteiger partial charge in [0.25, 0.3) is 0 Å². The highest BCUT2D eigenvalue weighted by atomic mass is 127. The molecule has 0 aliphatic heterocycles. The third-order valence-corrected chi connectivity index (χ3v) is 4.42. The van der Waals surface area contributed by atoms with Gasteiger partial charge < -0.3 is 29.4 Å². The van der Waals surface area contributed by atoms with Crippen LogP contribution in [-0.4, -0.2) is 103 Å². The molecule has 4 N–H and O–H groups in total. The van der Waals surface area contributed by atoms with E-state index in [0.717, 1.165) is 17.1 Å². The predicted molar refractivity (Wildman–Crippen MR) is 117 cm³/mol. The molecule has 0 bridgehead atoms. The molecule has 0 unspecified atom stereocenters. The summed E-state index contributed by atoms with van der Waals surface area (Å²) in [5.41, 5.74) is 1.16. The van der Waals surface area contributed by atoms with Gasteiger partial charge in [0, 0.05) is 10.6 Å². The Hall–Kier alpha value is -0.000000000000000111. The molecule has 0 spiro atoms. The van der Waals surface area contributed by atoms with Gasteiger partial charge in [0.2, 0.25) is 0 Å². The maximum absolute atomic E-state index is 9.03. The first-order valence-corrected chi connectivity index (χ1v) is 8.93. The van der Waals surface area contributed by atoms with Gasteiger partial charge in [0.1, 0.15) is 32.7 Å². The number of halogens is 2. The van der Waals surface area contributed by atoms with E-state index < -0.39 is 0 Å². The van der Waals surface area contributed by atoms with Crippen molar-refractivity contribution in [2.75, 3.05) is 73.7 Å². The highest BCUT2D eigenvalue weighted by Gasteiger charge is 2.20. The summed E-state index contributed by atoms with van der Waals surface area (Å²) in [5.74, 6) is 0. The van der Waals surface area contributed by atoms with E-state index in [-0.39, 0.29) is 50.4 Å². The van der Waals surface area contributed by atoms with E-state index in [1.54, 1.807) is 0 Å². The van der Waals surface area contributed by atoms with Crippen LogP contribution in [0.4, 0.5) is 0 Å². The van der Waals surface area contributed by atoms with Crippen LogP contribution in [-0.2, 0) is 6.54 Å². The number of nitrogens with zero attached hydrogens (tertiary/aromatic N) is 2. The van der Waals surface area contributed by atoms with Crippen molar-refractivity contribution >= 4 is 35.6 Å². The van der Waals surface area contributed by atoms with E-state index >= 15 is 0 Å². The molecular weight excluding hydrogens is 471 g/mol. The zero-order valence-corrected chi connectivity index (χ0v) is 19.2. The minimum absolute atomic E-state index is 0. The van der Waals surface area contributed by atoms with E-state index in [1.165, 1.54) is 0 Å². The van der Waals surface area contributed by atoms with Crippen molar-refractivity contribution in [3.63, 3.8) is 0 Å². The number of benzene rings is 1. The zero-order chi connectivity index (χ0) is 19.3. The van der Waals surface area contributed by atoms with Crippen LogP contribution in [0.3, 0.4) is 0 Å². The number of hydrogen-bond donors (Lipinski definition) is 4. The van der Waals surface area contributed by atoms with Gasteiger partial charge in [-0.2, -0.15) is 0 Å². The summed E-state index contributed by atoms with van der Waals surface area (Å²) >= 11 is 5.82. The van der Waals surface area contributed by atoms with E-state index in [2.05, 4.69) is 0 Å². The second kappa shape index (κ2) is 15.0. The average molecular weight is 507 g/mol. The molecule has 154 valence electrons. The Morgan fingerprint density at radius 2 is 1.12 bits per heavy atom. The number of rotatable bonds is 10. The minimum atomic E-state index is 0. The fourth-order valence-electron chi connectivity index (χ4n) is 2.44. The van der Waals surface area contributed by atoms with Crippen molar-refractivity contribution in [2.24, 2.45) is 0 Å². The molecule has 0 atom stereocenters. The molecular formula is C18H36ClIN2O4+2. The lowest BCUT2D eigenvalue weighted by molar-refractivity contribution is -0.923. The molecule has 0 aromatic heterocycles. The van der Waals surface area contributed by atoms with Gasteiger partial charge in [-0.25, -0.2) is 0 Å². The molecule has 0 saturated heterocycles. The first-order chi connectivity index (χ1) is 11.7. The van der Waals surface area contributed by atoms with Crippen LogP contribution in [0.2, 0.25) is 5.02 Å². The van der Waals surface area contributed by atoms with Crippen molar-refractivity contribution in [3.8, 4) is 0 Å². The summed E-state index contributed by atoms with van der Waals surface area (Å²) in [6.07, 6.45) is 0. The molecule has 1 aromatic rings. The predicted octanol–water partition coefficient (Wildman–Crippen LogP) is 0.937. The lowest BCUT2D eigenvalue weighted by Gasteiger charge is -2.33. The first kappa shape index (κ1) is 28.2. The molecule has 1 aromatic carbocycles. The second-order valence-electron chi connectivity index (χ2n) is 7.13. The quantitative estimate of drug-likeness (QED) is 0.281. The molecule has 0 aliphatic carbocycles. The fraction of sp³-hybridized carbons (Fsp3) is 0.667. The smallest absolute Gasteiger partial charge is 0.104 e. The molecule has 0 radical (unpaired) electrons. The monoisotopic (exact) mass is 506 g/mol. The van der Waals surface area contributed by atoms with Crippen LogP contribution >= 0.6 is 35.6 Å². The maximum atomic E-state index is 9.03. The summed E-state index contributed by atoms with van der Waals surface area (Å²) in [4.78, 5) is 0. The Kier molecular flexibility index (Phi) is 16.3. The van der Waals surface area contributed by atoms with Gasteiger partial charge in [-0.05, 0) is 12.1 Å². The van der Waals surface area contributed by atoms with Gasteiger partial charge in [0.05, 0.1) is 47.6 Å². The van der Waals surface area contributed by atoms with Crippen molar-refractivity contribution in [3.05, 3.63) is 34.9 Å². The van der Waals surface area contributed by atoms with Gasteiger partial charge in [-0.1, -0.05) is 23.7 Å². The van der Waals surface area contributed by atoms with Gasteiger partial charge in [-0.3, -0.25) is 0 Å². The number of quaternary nitrogens is 2. The number of aliphatic hydroxyl groups is 4. The van der Waals surface area contributed by atoms with Crippen molar-refractivity contribution in [1.82, 2.24) is 0 Å². The normalized spacial score (nSPS) is 11.4. The van der Waals surface area contributed by atoms with E-state index in [0.29, 0.717) is 35.1 Å². The Labute approximate surface area is 179 Å². The fourth-order valence-corrected chi connectivity index (χ4v) is 2.56. The lowest BCUT2D eigenvalue weighted by Crippen LogP contribution is -2.47. The van der Waals surface area contributed by atoms with Crippen LogP contribution < -0.4 is 0 Å². The third-order valence-electron chi connectivity index (χ3n) is 4.17. The Morgan fingerprint density at radius 1 is 0.731 bits per heavy atom. The Balaban J connectivity index is 0. The van der Waals surface area contributed by atoms with Crippen molar-refractivity contribution < 1.29 is 29.4 Å². The summed E-state index contributed by atoms with van der Waals surface area (Å²) in [6, 6.07) is 7.68. The first-order valence-electron chi connectivity index (χ1n) is 8.55. The second-order valence-corrected chi connectivity index (χ2v) is 7.57. The largest absolute Gasteiger partial charge is 0.391 e. The summed E-state index contributed by atoms with van der Waals surface area (Å²) in [6.45, 7) is 4.12. The minimum Gasteiger partial charge on any atom is -0.391 e. The molecule has 0 amide bonds. The lowest BCUT2D eigenvalue weighted by atomic mass is 10.2. The van der Waals surface area contributed by atoms with Crippen LogP contribution in [0.25, 0.3) is 0 Å². The molecule has 0 heterocycles. The third kappa shape index (κ3) is 13.2. The summed E-state index contributed by atoms with van der Waals surface area (Å²) < 4.78 is 1.32. The van der Waals surface area contributed by atoms with Crippen molar-refractivity contribution in [1.29, 1.82) is 0 Å². The Morgan fingerprint density at radius 3 is 1.46 bits per heavy atom. The summed E-state index contributed by atoms with van der Waals surface area (Å²) in [5, 5.41) is 35.9. The summed E-state index contributed by atoms with van der Waals surface area (Å²) in [7, 11) is 5.99. The van der Waals surface area contributed by atoms with Gasteiger partial charge >= 0.3 is 0 Å². The van der Waals surface area contributed by atoms with E-state index in [1.807, 2.05) is 45.4 Å². The molecule has 0 fully saturated rings. The molecule has 8 heteroatoms. The highest BCUT2D eigenvalue weighted by Crippen LogP contribution is 2.14. The molecule has 6 nitrogen and oxygen atoms in total. The number of likely N-dealkylation sites (N-methyl/N-ethyl adjacent to an activating group) is 2. The van der Waals surface area contributed by atoms with E-state index in [9.17, 15) is 0 Å². The molecule has 26 heavy (non-hydrogen) atoms. The van der Waals surface area contributed by atoms with Crippen LogP contribution in [0.5, 0.6) is 0 Å². The van der Waals surface area contributed by atoms with Crippen LogP contribution in [0, 0.1) is 0 Å². The molecule has 0 aliphatic rings. The van der Waals surface area contributed by atoms with Crippen molar-refractivity contribution in [2.45, 2.75) is 6.54 Å². The maximum Gasteiger partial charge on any atom is 0.104 e. The topological polar surface area (TPSA) is 80.9 Å². The zero-order valence-electron chi connectivity index (χ0n) is 16.1. The number of hydrogen-bond acceptors (Lipinski definition) is 4. The highest BCUT2D eigenvalue weighted by molar-refractivity contribution is 14.0. The van der Waals surface area contributed by atoms with E-state index in [4.69, 9.17) is 32.0 Å². The van der Waals surface area contributed by atoms with Gasteiger partial charge in [0.15, 0.2) is 0 Å². The number of aliphatic hydroxyl groups excluding tert-OH is 4.